The molecule has 2 saturated heterocycles. The summed E-state index contributed by atoms with van der Waals surface area (Å²) in [6.07, 6.45) is 1.54. The summed E-state index contributed by atoms with van der Waals surface area (Å²) in [7, 11) is 0. The Kier molecular flexibility index (Phi) is 7.40. The van der Waals surface area contributed by atoms with Crippen LogP contribution < -0.4 is 10.6 Å². The molecule has 3 rings (SSSR count). The third kappa shape index (κ3) is 5.88. The van der Waals surface area contributed by atoms with Crippen molar-refractivity contribution in [2.75, 3.05) is 26.3 Å². The van der Waals surface area contributed by atoms with Gasteiger partial charge in [0.15, 0.2) is 5.11 Å². The zero-order chi connectivity index (χ0) is 20.8. The van der Waals surface area contributed by atoms with Crippen molar-refractivity contribution in [3.8, 4) is 0 Å². The van der Waals surface area contributed by atoms with Gasteiger partial charge in [0.1, 0.15) is 12.6 Å². The van der Waals surface area contributed by atoms with Gasteiger partial charge in [-0.3, -0.25) is 19.7 Å². The first-order valence-electron chi connectivity index (χ1n) is 9.36. The quantitative estimate of drug-likeness (QED) is 0.526. The van der Waals surface area contributed by atoms with E-state index in [-0.39, 0.29) is 30.2 Å². The molecular weight excluding hydrogens is 418 g/mol. The molecule has 1 aromatic carbocycles. The van der Waals surface area contributed by atoms with E-state index in [1.807, 2.05) is 0 Å². The average molecular weight is 440 g/mol. The molecule has 8 nitrogen and oxygen atoms in total. The minimum absolute atomic E-state index is 0.0803. The van der Waals surface area contributed by atoms with E-state index < -0.39 is 17.9 Å². The minimum Gasteiger partial charge on any atom is -0.463 e. The van der Waals surface area contributed by atoms with Crippen molar-refractivity contribution in [2.24, 2.45) is 0 Å². The van der Waals surface area contributed by atoms with Gasteiger partial charge in [-0.05, 0) is 49.3 Å². The number of nitrogens with zero attached hydrogens (tertiary/aromatic N) is 1. The lowest BCUT2D eigenvalue weighted by Gasteiger charge is -2.36. The number of esters is 1. The summed E-state index contributed by atoms with van der Waals surface area (Å²) in [6, 6.07) is 5.49. The number of ether oxygens (including phenoxy) is 2. The van der Waals surface area contributed by atoms with Gasteiger partial charge in [0, 0.05) is 30.3 Å². The van der Waals surface area contributed by atoms with Gasteiger partial charge in [-0.2, -0.15) is 0 Å². The number of halogens is 1. The van der Waals surface area contributed by atoms with Crippen molar-refractivity contribution in [1.82, 2.24) is 15.5 Å². The fraction of sp³-hybridized carbons (Fsp3) is 0.474. The summed E-state index contributed by atoms with van der Waals surface area (Å²) in [5.41, 5.74) is 0.380. The first-order valence-corrected chi connectivity index (χ1v) is 10.1. The zero-order valence-corrected chi connectivity index (χ0v) is 17.3. The molecule has 0 unspecified atom stereocenters. The van der Waals surface area contributed by atoms with E-state index in [0.29, 0.717) is 30.3 Å². The van der Waals surface area contributed by atoms with Gasteiger partial charge in [-0.1, -0.05) is 11.6 Å². The van der Waals surface area contributed by atoms with E-state index in [1.165, 1.54) is 4.90 Å². The van der Waals surface area contributed by atoms with Crippen LogP contribution in [0, 0.1) is 0 Å². The van der Waals surface area contributed by atoms with E-state index in [1.54, 1.807) is 24.3 Å². The lowest BCUT2D eigenvalue weighted by molar-refractivity contribution is -0.150. The molecule has 2 heterocycles. The van der Waals surface area contributed by atoms with Crippen LogP contribution in [0.3, 0.4) is 0 Å². The van der Waals surface area contributed by atoms with Gasteiger partial charge in [-0.25, -0.2) is 0 Å². The highest BCUT2D eigenvalue weighted by Gasteiger charge is 2.34. The lowest BCUT2D eigenvalue weighted by Crippen LogP contribution is -2.60. The second-order valence-corrected chi connectivity index (χ2v) is 7.61. The minimum atomic E-state index is -0.848. The third-order valence-corrected chi connectivity index (χ3v) is 5.32. The van der Waals surface area contributed by atoms with Crippen molar-refractivity contribution in [1.29, 1.82) is 0 Å². The van der Waals surface area contributed by atoms with E-state index in [9.17, 15) is 14.4 Å². The lowest BCUT2D eigenvalue weighted by atomic mass is 10.1. The maximum Gasteiger partial charge on any atom is 0.308 e. The Bertz CT molecular complexity index is 783. The number of hydrogen-bond donors (Lipinski definition) is 2. The SMILES string of the molecule is O=C(C[C@H]1C(=O)NCCN1C(=S)NC(=O)c1ccc(Cl)cc1)OC[C@@H]1CCCO1. The molecule has 1 aromatic rings. The van der Waals surface area contributed by atoms with E-state index >= 15 is 0 Å². The Hall–Kier alpha value is -2.23. The van der Waals surface area contributed by atoms with Crippen LogP contribution in [0.5, 0.6) is 0 Å². The van der Waals surface area contributed by atoms with E-state index in [2.05, 4.69) is 10.6 Å². The maximum absolute atomic E-state index is 12.4. The first-order chi connectivity index (χ1) is 13.9. The third-order valence-electron chi connectivity index (χ3n) is 4.73. The predicted octanol–water partition coefficient (Wildman–Crippen LogP) is 1.27. The van der Waals surface area contributed by atoms with Crippen LogP contribution in [0.1, 0.15) is 29.6 Å². The summed E-state index contributed by atoms with van der Waals surface area (Å²) < 4.78 is 10.7. The van der Waals surface area contributed by atoms with E-state index in [0.717, 1.165) is 12.8 Å². The van der Waals surface area contributed by atoms with Gasteiger partial charge in [0.2, 0.25) is 5.91 Å². The molecule has 0 bridgehead atoms. The molecule has 2 aliphatic rings. The monoisotopic (exact) mass is 439 g/mol. The number of piperazine rings is 1. The molecule has 2 aliphatic heterocycles. The molecule has 2 atom stereocenters. The van der Waals surface area contributed by atoms with Gasteiger partial charge < -0.3 is 19.7 Å². The van der Waals surface area contributed by atoms with Crippen LogP contribution in [0.2, 0.25) is 5.02 Å². The van der Waals surface area contributed by atoms with Crippen LogP contribution >= 0.6 is 23.8 Å². The molecule has 0 aromatic heterocycles. The van der Waals surface area contributed by atoms with Crippen LogP contribution in [0.25, 0.3) is 0 Å². The number of nitrogens with one attached hydrogen (secondary N) is 2. The first kappa shape index (κ1) is 21.5. The van der Waals surface area contributed by atoms with Gasteiger partial charge in [-0.15, -0.1) is 0 Å². The molecule has 2 fully saturated rings. The fourth-order valence-corrected chi connectivity index (χ4v) is 3.62. The Balaban J connectivity index is 1.58. The molecule has 29 heavy (non-hydrogen) atoms. The average Bonchev–Trinajstić information content (AvgIpc) is 3.22. The number of carbonyl (C=O) groups excluding carboxylic acids is 3. The Morgan fingerprint density at radius 3 is 2.79 bits per heavy atom. The van der Waals surface area contributed by atoms with Crippen molar-refractivity contribution in [3.05, 3.63) is 34.9 Å². The topological polar surface area (TPSA) is 97.0 Å². The Morgan fingerprint density at radius 2 is 2.10 bits per heavy atom. The molecule has 10 heteroatoms. The molecule has 0 radical (unpaired) electrons. The number of hydrogen-bond acceptors (Lipinski definition) is 6. The number of benzene rings is 1. The predicted molar refractivity (Wildman–Crippen MR) is 110 cm³/mol. The second-order valence-electron chi connectivity index (χ2n) is 6.79. The van der Waals surface area contributed by atoms with Crippen LogP contribution in [0.15, 0.2) is 24.3 Å². The van der Waals surface area contributed by atoms with Gasteiger partial charge >= 0.3 is 5.97 Å². The summed E-state index contributed by atoms with van der Waals surface area (Å²) in [4.78, 5) is 38.5. The van der Waals surface area contributed by atoms with Crippen molar-refractivity contribution < 1.29 is 23.9 Å². The summed E-state index contributed by atoms with van der Waals surface area (Å²) in [5.74, 6) is -1.27. The largest absolute Gasteiger partial charge is 0.463 e. The molecule has 0 aliphatic carbocycles. The van der Waals surface area contributed by atoms with Crippen LogP contribution in [0.4, 0.5) is 0 Å². The highest BCUT2D eigenvalue weighted by Crippen LogP contribution is 2.15. The molecule has 156 valence electrons. The van der Waals surface area contributed by atoms with Crippen molar-refractivity contribution in [3.63, 3.8) is 0 Å². The molecule has 0 spiro atoms. The molecular formula is C19H22ClN3O5S. The molecule has 2 amide bonds. The number of thiocarbonyl (C=S) groups is 1. The normalized spacial score (nSPS) is 21.4. The fourth-order valence-electron chi connectivity index (χ4n) is 3.18. The smallest absolute Gasteiger partial charge is 0.308 e. The van der Waals surface area contributed by atoms with Gasteiger partial charge in [0.05, 0.1) is 12.5 Å². The Labute approximate surface area is 178 Å². The molecule has 2 N–H and O–H groups in total. The summed E-state index contributed by atoms with van der Waals surface area (Å²) >= 11 is 11.2. The summed E-state index contributed by atoms with van der Waals surface area (Å²) in [5, 5.41) is 5.91. The highest BCUT2D eigenvalue weighted by atomic mass is 35.5. The van der Waals surface area contributed by atoms with Crippen molar-refractivity contribution >= 4 is 46.7 Å². The number of rotatable bonds is 5. The second kappa shape index (κ2) is 10.00. The molecule has 0 saturated carbocycles. The van der Waals surface area contributed by atoms with Crippen LogP contribution in [-0.4, -0.2) is 66.2 Å². The number of carbonyl (C=O) groups is 3. The van der Waals surface area contributed by atoms with Crippen LogP contribution in [-0.2, 0) is 19.1 Å². The van der Waals surface area contributed by atoms with Gasteiger partial charge in [0.25, 0.3) is 5.91 Å². The van der Waals surface area contributed by atoms with E-state index in [4.69, 9.17) is 33.3 Å². The summed E-state index contributed by atoms with van der Waals surface area (Å²) in [6.45, 7) is 1.57. The standard InChI is InChI=1S/C19H22ClN3O5S/c20-13-5-3-12(4-6-13)17(25)22-19(29)23-8-7-21-18(26)15(23)10-16(24)28-11-14-2-1-9-27-14/h3-6,14-15H,1-2,7-11H2,(H,21,26)(H,22,25,29)/t14-,15-/m0/s1. The Morgan fingerprint density at radius 1 is 1.34 bits per heavy atom. The van der Waals surface area contributed by atoms with Crippen molar-refractivity contribution in [2.45, 2.75) is 31.4 Å². The zero-order valence-electron chi connectivity index (χ0n) is 15.7. The highest BCUT2D eigenvalue weighted by molar-refractivity contribution is 7.80. The maximum atomic E-state index is 12.4. The number of amides is 2.